The third-order valence-electron chi connectivity index (χ3n) is 3.36. The largest absolute Gasteiger partial charge is 0.493 e. The highest BCUT2D eigenvalue weighted by Gasteiger charge is 2.29. The van der Waals surface area contributed by atoms with E-state index in [-0.39, 0.29) is 0 Å². The first kappa shape index (κ1) is 13.8. The second-order valence-corrected chi connectivity index (χ2v) is 5.19. The maximum absolute atomic E-state index is 5.38. The summed E-state index contributed by atoms with van der Waals surface area (Å²) in [6.45, 7) is 0. The van der Waals surface area contributed by atoms with Gasteiger partial charge in [0.05, 0.1) is 20.4 Å². The van der Waals surface area contributed by atoms with E-state index in [2.05, 4.69) is 15.3 Å². The zero-order chi connectivity index (χ0) is 14.8. The fourth-order valence-electron chi connectivity index (χ4n) is 2.15. The molecule has 110 valence electrons. The molecule has 0 bridgehead atoms. The van der Waals surface area contributed by atoms with Crippen LogP contribution in [0.5, 0.6) is 11.5 Å². The molecule has 1 heterocycles. The molecule has 1 saturated carbocycles. The van der Waals surface area contributed by atoms with Crippen molar-refractivity contribution in [3.63, 3.8) is 0 Å². The van der Waals surface area contributed by atoms with Gasteiger partial charge < -0.3 is 9.47 Å². The summed E-state index contributed by atoms with van der Waals surface area (Å²) in [6, 6.07) is 5.64. The number of nitrogens with one attached hydrogen (secondary N) is 1. The minimum absolute atomic E-state index is 0.460. The zero-order valence-corrected chi connectivity index (χ0v) is 12.7. The second kappa shape index (κ2) is 5.69. The molecule has 1 N–H and O–H groups in total. The molecule has 0 amide bonds. The van der Waals surface area contributed by atoms with Crippen LogP contribution in [0.1, 0.15) is 30.1 Å². The Morgan fingerprint density at radius 2 is 2.19 bits per heavy atom. The molecule has 1 aliphatic carbocycles. The highest BCUT2D eigenvalue weighted by Crippen LogP contribution is 2.38. The molecule has 1 aliphatic rings. The van der Waals surface area contributed by atoms with Crippen LogP contribution < -0.4 is 9.47 Å². The third kappa shape index (κ3) is 2.69. The normalized spacial score (nSPS) is 14.6. The van der Waals surface area contributed by atoms with E-state index in [9.17, 15) is 0 Å². The van der Waals surface area contributed by atoms with Crippen LogP contribution in [0.3, 0.4) is 0 Å². The lowest BCUT2D eigenvalue weighted by molar-refractivity contribution is 0.354. The fraction of sp³-hybridized carbons (Fsp3) is 0.357. The summed E-state index contributed by atoms with van der Waals surface area (Å²) >= 11 is 5.22. The maximum Gasteiger partial charge on any atom is 0.216 e. The Morgan fingerprint density at radius 3 is 2.86 bits per heavy atom. The van der Waals surface area contributed by atoms with Crippen molar-refractivity contribution in [2.45, 2.75) is 18.8 Å². The van der Waals surface area contributed by atoms with E-state index in [0.717, 1.165) is 24.2 Å². The van der Waals surface area contributed by atoms with Gasteiger partial charge in [-0.3, -0.25) is 5.10 Å². The molecule has 0 aliphatic heterocycles. The molecule has 0 spiro atoms. The van der Waals surface area contributed by atoms with E-state index >= 15 is 0 Å². The number of methoxy groups -OCH3 is 2. The van der Waals surface area contributed by atoms with Gasteiger partial charge in [0.2, 0.25) is 4.77 Å². The molecule has 1 aromatic heterocycles. The van der Waals surface area contributed by atoms with Gasteiger partial charge in [-0.1, -0.05) is 6.07 Å². The Bertz CT molecular complexity index is 731. The van der Waals surface area contributed by atoms with Gasteiger partial charge in [-0.15, -0.1) is 0 Å². The molecule has 2 aromatic rings. The van der Waals surface area contributed by atoms with Crippen molar-refractivity contribution in [1.29, 1.82) is 0 Å². The summed E-state index contributed by atoms with van der Waals surface area (Å²) in [5, 5.41) is 11.5. The maximum atomic E-state index is 5.38. The number of hydrogen-bond acceptors (Lipinski definition) is 5. The van der Waals surface area contributed by atoms with Gasteiger partial charge in [-0.2, -0.15) is 14.9 Å². The predicted molar refractivity (Wildman–Crippen MR) is 81.9 cm³/mol. The predicted octanol–water partition coefficient (Wildman–Crippen LogP) is 2.72. The van der Waals surface area contributed by atoms with E-state index in [1.165, 1.54) is 0 Å². The summed E-state index contributed by atoms with van der Waals surface area (Å²) in [5.74, 6) is 2.66. The number of rotatable bonds is 5. The van der Waals surface area contributed by atoms with E-state index < -0.39 is 0 Å². The van der Waals surface area contributed by atoms with Gasteiger partial charge in [0.1, 0.15) is 0 Å². The molecule has 0 saturated heterocycles. The van der Waals surface area contributed by atoms with Gasteiger partial charge in [0.25, 0.3) is 0 Å². The minimum atomic E-state index is 0.460. The summed E-state index contributed by atoms with van der Waals surface area (Å²) in [6.07, 6.45) is 3.98. The number of H-pyrrole nitrogens is 1. The minimum Gasteiger partial charge on any atom is -0.493 e. The highest BCUT2D eigenvalue weighted by molar-refractivity contribution is 7.71. The highest BCUT2D eigenvalue weighted by atomic mass is 32.1. The Kier molecular flexibility index (Phi) is 3.74. The van der Waals surface area contributed by atoms with Gasteiger partial charge in [0, 0.05) is 11.5 Å². The summed E-state index contributed by atoms with van der Waals surface area (Å²) < 4.78 is 12.8. The number of aromatic nitrogens is 3. The first-order valence-corrected chi connectivity index (χ1v) is 7.08. The molecule has 6 nitrogen and oxygen atoms in total. The summed E-state index contributed by atoms with van der Waals surface area (Å²) in [4.78, 5) is 0. The van der Waals surface area contributed by atoms with Gasteiger partial charge in [0.15, 0.2) is 17.3 Å². The van der Waals surface area contributed by atoms with Crippen LogP contribution in [0.4, 0.5) is 0 Å². The monoisotopic (exact) mass is 304 g/mol. The molecule has 7 heteroatoms. The van der Waals surface area contributed by atoms with Crippen molar-refractivity contribution in [2.24, 2.45) is 5.10 Å². The van der Waals surface area contributed by atoms with E-state index in [0.29, 0.717) is 22.2 Å². The Labute approximate surface area is 127 Å². The van der Waals surface area contributed by atoms with E-state index in [1.54, 1.807) is 25.1 Å². The molecule has 1 aromatic carbocycles. The van der Waals surface area contributed by atoms with Gasteiger partial charge in [-0.05, 0) is 37.2 Å². The number of ether oxygens (including phenoxy) is 2. The van der Waals surface area contributed by atoms with Crippen LogP contribution in [-0.4, -0.2) is 35.3 Å². The lowest BCUT2D eigenvalue weighted by Crippen LogP contribution is -1.99. The SMILES string of the molecule is COc1cccc(/C=N\n2c(C3CC3)n[nH]c2=S)c1OC. The van der Waals surface area contributed by atoms with Crippen molar-refractivity contribution in [3.8, 4) is 11.5 Å². The van der Waals surface area contributed by atoms with Crippen LogP contribution in [0.15, 0.2) is 23.3 Å². The number of hydrogen-bond donors (Lipinski definition) is 1. The number of benzene rings is 1. The molecular weight excluding hydrogens is 288 g/mol. The van der Waals surface area contributed by atoms with Crippen molar-refractivity contribution in [2.75, 3.05) is 14.2 Å². The van der Waals surface area contributed by atoms with Gasteiger partial charge in [-0.25, -0.2) is 0 Å². The molecule has 0 atom stereocenters. The van der Waals surface area contributed by atoms with Crippen LogP contribution in [0, 0.1) is 4.77 Å². The fourth-order valence-corrected chi connectivity index (χ4v) is 2.34. The smallest absolute Gasteiger partial charge is 0.216 e. The third-order valence-corrected chi connectivity index (χ3v) is 3.63. The molecule has 0 radical (unpaired) electrons. The Hall–Kier alpha value is -2.15. The second-order valence-electron chi connectivity index (χ2n) is 4.80. The van der Waals surface area contributed by atoms with Crippen LogP contribution in [0.25, 0.3) is 0 Å². The van der Waals surface area contributed by atoms with Crippen LogP contribution in [0.2, 0.25) is 0 Å². The molecule has 0 unspecified atom stereocenters. The van der Waals surface area contributed by atoms with E-state index in [4.69, 9.17) is 21.7 Å². The van der Waals surface area contributed by atoms with Crippen LogP contribution >= 0.6 is 12.2 Å². The van der Waals surface area contributed by atoms with E-state index in [1.807, 2.05) is 18.2 Å². The average Bonchev–Trinajstić information content (AvgIpc) is 3.28. The lowest BCUT2D eigenvalue weighted by atomic mass is 10.2. The van der Waals surface area contributed by atoms with Crippen LogP contribution in [-0.2, 0) is 0 Å². The van der Waals surface area contributed by atoms with Crippen molar-refractivity contribution in [1.82, 2.24) is 14.9 Å². The summed E-state index contributed by atoms with van der Waals surface area (Å²) in [5.41, 5.74) is 0.821. The Balaban J connectivity index is 1.97. The standard InChI is InChI=1S/C14H16N4O2S/c1-19-11-5-3-4-10(12(11)20-2)8-15-18-13(9-6-7-9)16-17-14(18)21/h3-5,8-9H,6-7H2,1-2H3,(H,17,21)/b15-8-. The quantitative estimate of drug-likeness (QED) is 0.681. The lowest BCUT2D eigenvalue weighted by Gasteiger charge is -2.09. The molecular formula is C14H16N4O2S. The van der Waals surface area contributed by atoms with Crippen molar-refractivity contribution in [3.05, 3.63) is 34.4 Å². The molecule has 1 fully saturated rings. The number of nitrogens with zero attached hydrogens (tertiary/aromatic N) is 3. The molecule has 21 heavy (non-hydrogen) atoms. The molecule has 3 rings (SSSR count). The van der Waals surface area contributed by atoms with Gasteiger partial charge >= 0.3 is 0 Å². The Morgan fingerprint density at radius 1 is 1.38 bits per heavy atom. The van der Waals surface area contributed by atoms with Crippen molar-refractivity contribution >= 4 is 18.4 Å². The summed E-state index contributed by atoms with van der Waals surface area (Å²) in [7, 11) is 3.21. The first-order valence-electron chi connectivity index (χ1n) is 6.67. The zero-order valence-electron chi connectivity index (χ0n) is 11.9. The number of para-hydroxylation sites is 1. The average molecular weight is 304 g/mol. The topological polar surface area (TPSA) is 64.4 Å². The first-order chi connectivity index (χ1) is 10.2. The van der Waals surface area contributed by atoms with Crippen molar-refractivity contribution < 1.29 is 9.47 Å². The number of aromatic amines is 1.